The summed E-state index contributed by atoms with van der Waals surface area (Å²) in [6, 6.07) is 0. The Morgan fingerprint density at radius 3 is 1.00 bits per heavy atom. The van der Waals surface area contributed by atoms with E-state index < -0.39 is 0 Å². The fraction of sp³-hybridized carbons (Fsp3) is 1.00. The zero-order valence-corrected chi connectivity index (χ0v) is 5.61. The van der Waals surface area contributed by atoms with E-state index >= 15 is 0 Å². The Kier molecular flexibility index (Phi) is 618. The summed E-state index contributed by atoms with van der Waals surface area (Å²) < 4.78 is 0. The molecular weight excluding hydrogens is 217 g/mol. The molecule has 0 aromatic rings. The molecule has 0 aliphatic carbocycles. The monoisotopic (exact) mass is 220 g/mol. The molecule has 0 aromatic carbocycles. The summed E-state index contributed by atoms with van der Waals surface area (Å²) in [5, 5.41) is 0. The number of hydrogen-bond donors (Lipinski definition) is 0. The molecule has 0 saturated carbocycles. The SMILES string of the molecule is C.[Cu].[Mn].[Ni].[Si]. The standard InChI is InChI=1S/CH4.Cu.Mn.Ni.Si/h1H4;;;;. The van der Waals surface area contributed by atoms with Crippen molar-refractivity contribution in [3.8, 4) is 0 Å². The number of rotatable bonds is 0. The van der Waals surface area contributed by atoms with Gasteiger partial charge in [-0.15, -0.1) is 0 Å². The largest absolute Gasteiger partial charge is 0.0776 e. The van der Waals surface area contributed by atoms with Gasteiger partial charge in [0.15, 0.2) is 0 Å². The molecule has 0 aromatic heterocycles. The van der Waals surface area contributed by atoms with Crippen LogP contribution in [0.25, 0.3) is 0 Å². The molecule has 0 aliphatic heterocycles. The van der Waals surface area contributed by atoms with Gasteiger partial charge in [0, 0.05) is 61.6 Å². The Bertz CT molecular complexity index is 11.6. The molecule has 0 spiro atoms. The summed E-state index contributed by atoms with van der Waals surface area (Å²) in [5.41, 5.74) is 0. The molecule has 40 valence electrons. The van der Waals surface area contributed by atoms with E-state index in [2.05, 4.69) is 0 Å². The average Bonchev–Trinajstić information content (AvgIpc) is 0. The second-order valence-electron chi connectivity index (χ2n) is 0. The smallest absolute Gasteiger partial charge is 0 e. The van der Waals surface area contributed by atoms with E-state index in [1.165, 1.54) is 0 Å². The predicted octanol–water partition coefficient (Wildman–Crippen LogP) is 0.248. The van der Waals surface area contributed by atoms with Crippen LogP contribution >= 0.6 is 0 Å². The van der Waals surface area contributed by atoms with Crippen molar-refractivity contribution in [3.05, 3.63) is 0 Å². The van der Waals surface area contributed by atoms with E-state index in [0.717, 1.165) is 0 Å². The van der Waals surface area contributed by atoms with E-state index in [1.54, 1.807) is 0 Å². The molecule has 0 rings (SSSR count). The third-order valence-corrected chi connectivity index (χ3v) is 0. The van der Waals surface area contributed by atoms with Gasteiger partial charge in [-0.25, -0.2) is 0 Å². The van der Waals surface area contributed by atoms with Crippen LogP contribution in [0, 0.1) is 0 Å². The summed E-state index contributed by atoms with van der Waals surface area (Å²) >= 11 is 0. The molecule has 0 aliphatic rings. The Morgan fingerprint density at radius 2 is 1.00 bits per heavy atom. The van der Waals surface area contributed by atoms with Crippen LogP contribution in [0.1, 0.15) is 7.43 Å². The van der Waals surface area contributed by atoms with Gasteiger partial charge in [-0.2, -0.15) is 0 Å². The van der Waals surface area contributed by atoms with E-state index in [4.69, 9.17) is 0 Å². The molecule has 0 N–H and O–H groups in total. The summed E-state index contributed by atoms with van der Waals surface area (Å²) in [6.45, 7) is 0. The van der Waals surface area contributed by atoms with Gasteiger partial charge in [0.05, 0.1) is 0 Å². The van der Waals surface area contributed by atoms with Crippen LogP contribution in [0.5, 0.6) is 0 Å². The Labute approximate surface area is 68.8 Å². The van der Waals surface area contributed by atoms with Crippen molar-refractivity contribution >= 4 is 11.0 Å². The zero-order valence-electron chi connectivity index (χ0n) is 1.50. The first-order chi connectivity index (χ1) is 0. The van der Waals surface area contributed by atoms with E-state index in [-0.39, 0.29) is 69.0 Å². The van der Waals surface area contributed by atoms with E-state index in [9.17, 15) is 0 Å². The molecule has 0 heterocycles. The minimum Gasteiger partial charge on any atom is -0.0776 e. The number of hydrogen-bond acceptors (Lipinski definition) is 0. The summed E-state index contributed by atoms with van der Waals surface area (Å²) in [4.78, 5) is 0. The van der Waals surface area contributed by atoms with Gasteiger partial charge in [-0.3, -0.25) is 0 Å². The molecule has 0 bridgehead atoms. The fourth-order valence-electron chi connectivity index (χ4n) is 0. The summed E-state index contributed by atoms with van der Waals surface area (Å²) in [5.74, 6) is 0. The molecule has 0 amide bonds. The van der Waals surface area contributed by atoms with Crippen LogP contribution in [-0.2, 0) is 50.6 Å². The van der Waals surface area contributed by atoms with Crippen molar-refractivity contribution in [2.24, 2.45) is 0 Å². The van der Waals surface area contributed by atoms with Crippen molar-refractivity contribution in [2.45, 2.75) is 7.43 Å². The molecular formula is CH4CuMnNiSi. The zero-order chi connectivity index (χ0) is 0. The van der Waals surface area contributed by atoms with Crippen LogP contribution in [0.4, 0.5) is 0 Å². The first-order valence-corrected chi connectivity index (χ1v) is 0. The van der Waals surface area contributed by atoms with Gasteiger partial charge in [0.1, 0.15) is 0 Å². The molecule has 0 atom stereocenters. The predicted molar refractivity (Wildman–Crippen MR) is 12.5 cm³/mol. The first kappa shape index (κ1) is 72.9. The molecule has 4 heteroatoms. The Hall–Kier alpha value is 1.75. The quantitative estimate of drug-likeness (QED) is 0.514. The molecule has 0 saturated heterocycles. The van der Waals surface area contributed by atoms with Gasteiger partial charge in [0.25, 0.3) is 0 Å². The van der Waals surface area contributed by atoms with E-state index in [1.807, 2.05) is 0 Å². The minimum atomic E-state index is 0. The minimum absolute atomic E-state index is 0. The second-order valence-corrected chi connectivity index (χ2v) is 0. The Balaban J connectivity index is 0. The third kappa shape index (κ3) is 26.4. The van der Waals surface area contributed by atoms with Crippen molar-refractivity contribution in [2.75, 3.05) is 0 Å². The normalized spacial score (nSPS) is 0. The van der Waals surface area contributed by atoms with Crippen molar-refractivity contribution in [1.82, 2.24) is 0 Å². The molecule has 0 nitrogen and oxygen atoms in total. The maximum atomic E-state index is 0. The van der Waals surface area contributed by atoms with Gasteiger partial charge in [-0.05, 0) is 0 Å². The van der Waals surface area contributed by atoms with Crippen molar-refractivity contribution in [1.29, 1.82) is 0 Å². The third-order valence-electron chi connectivity index (χ3n) is 0. The van der Waals surface area contributed by atoms with Crippen LogP contribution in [0.15, 0.2) is 0 Å². The van der Waals surface area contributed by atoms with Crippen LogP contribution in [0.3, 0.4) is 0 Å². The van der Waals surface area contributed by atoms with Gasteiger partial charge in [-0.1, -0.05) is 7.43 Å². The maximum Gasteiger partial charge on any atom is 0 e. The first-order valence-electron chi connectivity index (χ1n) is 0. The molecule has 0 unspecified atom stereocenters. The molecule has 5 heavy (non-hydrogen) atoms. The maximum absolute atomic E-state index is 0. The molecule has 6 radical (unpaired) electrons. The summed E-state index contributed by atoms with van der Waals surface area (Å²) in [7, 11) is 0. The van der Waals surface area contributed by atoms with Crippen LogP contribution in [0.2, 0.25) is 0 Å². The van der Waals surface area contributed by atoms with Crippen LogP contribution < -0.4 is 0 Å². The van der Waals surface area contributed by atoms with Crippen LogP contribution in [-0.4, -0.2) is 11.0 Å². The van der Waals surface area contributed by atoms with Gasteiger partial charge >= 0.3 is 0 Å². The average molecular weight is 221 g/mol. The van der Waals surface area contributed by atoms with E-state index in [0.29, 0.717) is 0 Å². The van der Waals surface area contributed by atoms with Gasteiger partial charge in [0.2, 0.25) is 0 Å². The second kappa shape index (κ2) is 42.4. The topological polar surface area (TPSA) is 0 Å². The molecule has 0 fully saturated rings. The summed E-state index contributed by atoms with van der Waals surface area (Å²) in [6.07, 6.45) is 0. The van der Waals surface area contributed by atoms with Crippen molar-refractivity contribution < 1.29 is 50.6 Å². The Morgan fingerprint density at radius 1 is 1.00 bits per heavy atom. The van der Waals surface area contributed by atoms with Gasteiger partial charge < -0.3 is 0 Å². The van der Waals surface area contributed by atoms with Crippen molar-refractivity contribution in [3.63, 3.8) is 0 Å². The fourth-order valence-corrected chi connectivity index (χ4v) is 0.